The molecular weight excluding hydrogens is 218 g/mol. The molecule has 0 aliphatic heterocycles. The minimum Gasteiger partial charge on any atom is -0.475 e. The quantitative estimate of drug-likeness (QED) is 0.636. The summed E-state index contributed by atoms with van der Waals surface area (Å²) in [5, 5.41) is 8.73. The Morgan fingerprint density at radius 3 is 2.62 bits per heavy atom. The lowest BCUT2D eigenvalue weighted by Gasteiger charge is -2.06. The Kier molecular flexibility index (Phi) is 3.99. The number of carboxylic acids is 1. The maximum absolute atomic E-state index is 12.8. The van der Waals surface area contributed by atoms with Crippen LogP contribution >= 0.6 is 0 Å². The summed E-state index contributed by atoms with van der Waals surface area (Å²) >= 11 is 0. The van der Waals surface area contributed by atoms with Crippen molar-refractivity contribution in [2.45, 2.75) is 13.3 Å². The van der Waals surface area contributed by atoms with E-state index in [1.54, 1.807) is 6.92 Å². The van der Waals surface area contributed by atoms with Crippen LogP contribution in [0, 0.1) is 11.6 Å². The van der Waals surface area contributed by atoms with Gasteiger partial charge in [-0.3, -0.25) is 0 Å². The maximum Gasteiger partial charge on any atom is 0.371 e. The molecule has 0 fully saturated rings. The summed E-state index contributed by atoms with van der Waals surface area (Å²) in [6.45, 7) is 1.73. The van der Waals surface area contributed by atoms with Gasteiger partial charge in [0.1, 0.15) is 5.75 Å². The van der Waals surface area contributed by atoms with Crippen molar-refractivity contribution in [1.82, 2.24) is 0 Å². The molecule has 0 saturated carbocycles. The van der Waals surface area contributed by atoms with Crippen LogP contribution < -0.4 is 4.74 Å². The standard InChI is InChI=1S/C11H10F2O3/c1-2-3-10(11(14)15)16-7-4-5-8(12)9(13)6-7/h3-6H,2H2,1H3,(H,14,15)/b10-3-. The molecule has 1 aromatic carbocycles. The summed E-state index contributed by atoms with van der Waals surface area (Å²) in [5.41, 5.74) is 0. The molecule has 1 N–H and O–H groups in total. The van der Waals surface area contributed by atoms with Crippen LogP contribution in [0.4, 0.5) is 8.78 Å². The molecule has 0 aliphatic carbocycles. The molecule has 0 heterocycles. The highest BCUT2D eigenvalue weighted by molar-refractivity contribution is 5.84. The predicted molar refractivity (Wildman–Crippen MR) is 53.0 cm³/mol. The van der Waals surface area contributed by atoms with Gasteiger partial charge in [-0.15, -0.1) is 0 Å². The van der Waals surface area contributed by atoms with Gasteiger partial charge in [0.25, 0.3) is 0 Å². The fourth-order valence-electron chi connectivity index (χ4n) is 1.03. The largest absolute Gasteiger partial charge is 0.475 e. The first-order valence-corrected chi connectivity index (χ1v) is 4.61. The van der Waals surface area contributed by atoms with Crippen molar-refractivity contribution in [3.8, 4) is 5.75 Å². The SMILES string of the molecule is CC/C=C(\Oc1ccc(F)c(F)c1)C(=O)O. The van der Waals surface area contributed by atoms with E-state index in [0.29, 0.717) is 6.42 Å². The molecule has 1 aromatic rings. The molecule has 0 spiro atoms. The summed E-state index contributed by atoms with van der Waals surface area (Å²) in [7, 11) is 0. The highest BCUT2D eigenvalue weighted by atomic mass is 19.2. The molecule has 16 heavy (non-hydrogen) atoms. The topological polar surface area (TPSA) is 46.5 Å². The third-order valence-electron chi connectivity index (χ3n) is 1.72. The average molecular weight is 228 g/mol. The second kappa shape index (κ2) is 5.25. The predicted octanol–water partition coefficient (Wildman–Crippen LogP) is 2.72. The monoisotopic (exact) mass is 228 g/mol. The number of ether oxygens (including phenoxy) is 1. The molecule has 3 nitrogen and oxygen atoms in total. The summed E-state index contributed by atoms with van der Waals surface area (Å²) in [6, 6.07) is 2.82. The van der Waals surface area contributed by atoms with Gasteiger partial charge in [0, 0.05) is 6.07 Å². The zero-order valence-electron chi connectivity index (χ0n) is 8.54. The van der Waals surface area contributed by atoms with Crippen LogP contribution in [0.3, 0.4) is 0 Å². The molecule has 0 radical (unpaired) electrons. The van der Waals surface area contributed by atoms with Gasteiger partial charge in [0.2, 0.25) is 5.76 Å². The minimum atomic E-state index is -1.26. The Morgan fingerprint density at radius 2 is 2.12 bits per heavy atom. The summed E-state index contributed by atoms with van der Waals surface area (Å²) in [6.07, 6.45) is 1.80. The van der Waals surface area contributed by atoms with Crippen LogP contribution in [0.25, 0.3) is 0 Å². The number of carboxylic acid groups (broad SMARTS) is 1. The molecule has 0 atom stereocenters. The Bertz CT molecular complexity index is 427. The van der Waals surface area contributed by atoms with Crippen LogP contribution in [0.15, 0.2) is 30.0 Å². The number of aliphatic carboxylic acids is 1. The lowest BCUT2D eigenvalue weighted by Crippen LogP contribution is -2.07. The van der Waals surface area contributed by atoms with Crippen LogP contribution in [0.2, 0.25) is 0 Å². The van der Waals surface area contributed by atoms with E-state index in [1.165, 1.54) is 6.08 Å². The second-order valence-corrected chi connectivity index (χ2v) is 2.96. The zero-order valence-corrected chi connectivity index (χ0v) is 8.54. The highest BCUT2D eigenvalue weighted by Crippen LogP contribution is 2.18. The molecule has 0 amide bonds. The van der Waals surface area contributed by atoms with E-state index >= 15 is 0 Å². The van der Waals surface area contributed by atoms with Gasteiger partial charge in [-0.2, -0.15) is 0 Å². The van der Waals surface area contributed by atoms with Crippen molar-refractivity contribution < 1.29 is 23.4 Å². The van der Waals surface area contributed by atoms with Gasteiger partial charge >= 0.3 is 5.97 Å². The fraction of sp³-hybridized carbons (Fsp3) is 0.182. The van der Waals surface area contributed by atoms with E-state index in [4.69, 9.17) is 9.84 Å². The van der Waals surface area contributed by atoms with Crippen LogP contribution in [0.5, 0.6) is 5.75 Å². The van der Waals surface area contributed by atoms with Crippen LogP contribution in [-0.4, -0.2) is 11.1 Å². The van der Waals surface area contributed by atoms with Crippen molar-refractivity contribution in [1.29, 1.82) is 0 Å². The molecular formula is C11H10F2O3. The van der Waals surface area contributed by atoms with E-state index in [9.17, 15) is 13.6 Å². The number of hydrogen-bond donors (Lipinski definition) is 1. The number of benzene rings is 1. The summed E-state index contributed by atoms with van der Waals surface area (Å²) in [4.78, 5) is 10.7. The van der Waals surface area contributed by atoms with Gasteiger partial charge in [-0.25, -0.2) is 13.6 Å². The molecule has 0 bridgehead atoms. The number of rotatable bonds is 4. The summed E-state index contributed by atoms with van der Waals surface area (Å²) in [5.74, 6) is -3.72. The Labute approximate surface area is 91.0 Å². The van der Waals surface area contributed by atoms with Crippen molar-refractivity contribution in [3.63, 3.8) is 0 Å². The third kappa shape index (κ3) is 3.05. The molecule has 0 aliphatic rings. The molecule has 86 valence electrons. The van der Waals surface area contributed by atoms with Gasteiger partial charge in [0.05, 0.1) is 0 Å². The van der Waals surface area contributed by atoms with Crippen molar-refractivity contribution in [2.75, 3.05) is 0 Å². The van der Waals surface area contributed by atoms with Crippen LogP contribution in [0.1, 0.15) is 13.3 Å². The maximum atomic E-state index is 12.8. The number of carbonyl (C=O) groups is 1. The number of allylic oxidation sites excluding steroid dienone is 1. The van der Waals surface area contributed by atoms with E-state index in [2.05, 4.69) is 0 Å². The lowest BCUT2D eigenvalue weighted by atomic mass is 10.3. The van der Waals surface area contributed by atoms with E-state index in [1.807, 2.05) is 0 Å². The molecule has 0 aromatic heterocycles. The first kappa shape index (κ1) is 12.2. The van der Waals surface area contributed by atoms with Gasteiger partial charge in [-0.05, 0) is 24.6 Å². The van der Waals surface area contributed by atoms with E-state index < -0.39 is 17.6 Å². The first-order valence-electron chi connectivity index (χ1n) is 4.61. The minimum absolute atomic E-state index is 0.0546. The fourth-order valence-corrected chi connectivity index (χ4v) is 1.03. The second-order valence-electron chi connectivity index (χ2n) is 2.96. The highest BCUT2D eigenvalue weighted by Gasteiger charge is 2.11. The first-order chi connectivity index (χ1) is 7.54. The van der Waals surface area contributed by atoms with Gasteiger partial charge < -0.3 is 9.84 Å². The molecule has 5 heteroatoms. The normalized spacial score (nSPS) is 11.3. The van der Waals surface area contributed by atoms with E-state index in [0.717, 1.165) is 18.2 Å². The number of halogens is 2. The number of hydrogen-bond acceptors (Lipinski definition) is 2. The van der Waals surface area contributed by atoms with Crippen LogP contribution in [-0.2, 0) is 4.79 Å². The van der Waals surface area contributed by atoms with Gasteiger partial charge in [0.15, 0.2) is 11.6 Å². The third-order valence-corrected chi connectivity index (χ3v) is 1.72. The average Bonchev–Trinajstić information content (AvgIpc) is 2.22. The Morgan fingerprint density at radius 1 is 1.44 bits per heavy atom. The molecule has 1 rings (SSSR count). The van der Waals surface area contributed by atoms with Crippen molar-refractivity contribution in [3.05, 3.63) is 41.7 Å². The zero-order chi connectivity index (χ0) is 12.1. The van der Waals surface area contributed by atoms with Crippen molar-refractivity contribution in [2.24, 2.45) is 0 Å². The summed E-state index contributed by atoms with van der Waals surface area (Å²) < 4.78 is 30.3. The smallest absolute Gasteiger partial charge is 0.371 e. The van der Waals surface area contributed by atoms with Crippen molar-refractivity contribution >= 4 is 5.97 Å². The van der Waals surface area contributed by atoms with Gasteiger partial charge in [-0.1, -0.05) is 6.92 Å². The Balaban J connectivity index is 2.90. The Hall–Kier alpha value is -1.91. The van der Waals surface area contributed by atoms with E-state index in [-0.39, 0.29) is 11.5 Å². The molecule has 0 saturated heterocycles. The molecule has 0 unspecified atom stereocenters. The lowest BCUT2D eigenvalue weighted by molar-refractivity contribution is -0.135.